The van der Waals surface area contributed by atoms with E-state index in [1.807, 2.05) is 12.1 Å². The van der Waals surface area contributed by atoms with Gasteiger partial charge in [0, 0.05) is 50.1 Å². The normalized spacial score (nSPS) is 15.2. The van der Waals surface area contributed by atoms with Gasteiger partial charge in [0.05, 0.1) is 16.2 Å². The Balaban J connectivity index is 1.93. The first kappa shape index (κ1) is 17.5. The summed E-state index contributed by atoms with van der Waals surface area (Å²) in [4.78, 5) is 30.1. The van der Waals surface area contributed by atoms with Crippen molar-refractivity contribution in [1.29, 1.82) is 0 Å². The van der Waals surface area contributed by atoms with E-state index in [9.17, 15) is 9.59 Å². The van der Waals surface area contributed by atoms with Crippen molar-refractivity contribution >= 4 is 40.1 Å². The molecule has 6 nitrogen and oxygen atoms in total. The van der Waals surface area contributed by atoms with Gasteiger partial charge in [-0.2, -0.15) is 0 Å². The highest BCUT2D eigenvalue weighted by Crippen LogP contribution is 2.36. The van der Waals surface area contributed by atoms with Crippen LogP contribution in [0, 0.1) is 0 Å². The Hall–Kier alpha value is -2.34. The second-order valence-corrected chi connectivity index (χ2v) is 6.46. The van der Waals surface area contributed by atoms with Gasteiger partial charge >= 0.3 is 6.09 Å². The maximum Gasteiger partial charge on any atom is 0.407 e. The van der Waals surface area contributed by atoms with Gasteiger partial charge in [0.15, 0.2) is 5.78 Å². The van der Waals surface area contributed by atoms with E-state index in [2.05, 4.69) is 15.2 Å². The highest BCUT2D eigenvalue weighted by Gasteiger charge is 2.26. The second-order valence-electron chi connectivity index (χ2n) is 6.05. The lowest BCUT2D eigenvalue weighted by molar-refractivity contribution is 0.0849. The minimum absolute atomic E-state index is 0.0480. The van der Waals surface area contributed by atoms with Crippen LogP contribution in [-0.4, -0.2) is 43.1 Å². The lowest BCUT2D eigenvalue weighted by Gasteiger charge is -2.34. The van der Waals surface area contributed by atoms with Crippen molar-refractivity contribution in [2.24, 2.45) is 0 Å². The molecule has 0 bridgehead atoms. The molecule has 1 aromatic heterocycles. The maximum atomic E-state index is 12.2. The van der Waals surface area contributed by atoms with Crippen LogP contribution in [0.1, 0.15) is 30.1 Å². The fourth-order valence-corrected chi connectivity index (χ4v) is 3.44. The van der Waals surface area contributed by atoms with Crippen LogP contribution in [0.5, 0.6) is 0 Å². The van der Waals surface area contributed by atoms with Crippen molar-refractivity contribution in [3.63, 3.8) is 0 Å². The Morgan fingerprint density at radius 2 is 2.08 bits per heavy atom. The number of pyridine rings is 1. The van der Waals surface area contributed by atoms with E-state index >= 15 is 0 Å². The number of carbonyl (C=O) groups excluding carboxylic acids is 2. The van der Waals surface area contributed by atoms with Crippen molar-refractivity contribution in [3.8, 4) is 0 Å². The summed E-state index contributed by atoms with van der Waals surface area (Å²) in [5.41, 5.74) is 2.11. The molecule has 7 heteroatoms. The standard InChI is InChI=1S/C18H20ClN3O3/c1-11(23)14-10-15(19)13-4-3-7-21-16(13)17(14)22-8-5-12(6-9-22)25-18(24)20-2/h3-4,7,10,12H,5-6,8-9H2,1-2H3,(H,20,24). The molecule has 0 aliphatic carbocycles. The van der Waals surface area contributed by atoms with Crippen molar-refractivity contribution in [2.45, 2.75) is 25.9 Å². The number of fused-ring (bicyclic) bond motifs is 1. The van der Waals surface area contributed by atoms with Crippen molar-refractivity contribution < 1.29 is 14.3 Å². The van der Waals surface area contributed by atoms with Crippen LogP contribution in [-0.2, 0) is 4.74 Å². The van der Waals surface area contributed by atoms with Gasteiger partial charge in [0.25, 0.3) is 0 Å². The lowest BCUT2D eigenvalue weighted by atomic mass is 10.0. The number of amides is 1. The van der Waals surface area contributed by atoms with E-state index in [1.54, 1.807) is 19.3 Å². The molecule has 0 atom stereocenters. The fraction of sp³-hybridized carbons (Fsp3) is 0.389. The van der Waals surface area contributed by atoms with Crippen molar-refractivity contribution in [3.05, 3.63) is 35.0 Å². The fourth-order valence-electron chi connectivity index (χ4n) is 3.18. The number of rotatable bonds is 3. The number of nitrogens with one attached hydrogen (secondary N) is 1. The molecule has 0 saturated carbocycles. The van der Waals surface area contributed by atoms with Gasteiger partial charge in [0.2, 0.25) is 0 Å². The maximum absolute atomic E-state index is 12.2. The molecule has 25 heavy (non-hydrogen) atoms. The number of piperidine rings is 1. The summed E-state index contributed by atoms with van der Waals surface area (Å²) in [6.07, 6.45) is 2.56. The Morgan fingerprint density at radius 1 is 1.36 bits per heavy atom. The molecule has 2 heterocycles. The number of ketones is 1. The first-order valence-electron chi connectivity index (χ1n) is 8.22. The molecule has 1 aromatic carbocycles. The molecular weight excluding hydrogens is 342 g/mol. The second kappa shape index (κ2) is 7.27. The third kappa shape index (κ3) is 3.54. The van der Waals surface area contributed by atoms with E-state index in [0.29, 0.717) is 36.5 Å². The zero-order valence-corrected chi connectivity index (χ0v) is 15.0. The van der Waals surface area contributed by atoms with Gasteiger partial charge < -0.3 is 15.0 Å². The molecule has 1 amide bonds. The summed E-state index contributed by atoms with van der Waals surface area (Å²) < 4.78 is 5.33. The summed E-state index contributed by atoms with van der Waals surface area (Å²) >= 11 is 6.34. The van der Waals surface area contributed by atoms with Gasteiger partial charge in [-0.15, -0.1) is 0 Å². The number of carbonyl (C=O) groups is 2. The Bertz CT molecular complexity index is 817. The number of Topliss-reactive ketones (excluding diaryl/α,β-unsaturated/α-hetero) is 1. The van der Waals surface area contributed by atoms with Crippen molar-refractivity contribution in [2.75, 3.05) is 25.0 Å². The smallest absolute Gasteiger partial charge is 0.407 e. The first-order chi connectivity index (χ1) is 12.0. The molecule has 1 saturated heterocycles. The van der Waals surface area contributed by atoms with E-state index in [-0.39, 0.29) is 11.9 Å². The number of aromatic nitrogens is 1. The zero-order valence-electron chi connectivity index (χ0n) is 14.2. The number of ether oxygens (including phenoxy) is 1. The van der Waals surface area contributed by atoms with Crippen LogP contribution in [0.4, 0.5) is 10.5 Å². The van der Waals surface area contributed by atoms with E-state index in [1.165, 1.54) is 6.92 Å². The average molecular weight is 362 g/mol. The molecule has 1 N–H and O–H groups in total. The monoisotopic (exact) mass is 361 g/mol. The van der Waals surface area contributed by atoms with Gasteiger partial charge in [-0.25, -0.2) is 4.79 Å². The van der Waals surface area contributed by atoms with Gasteiger partial charge in [-0.1, -0.05) is 11.6 Å². The third-order valence-electron chi connectivity index (χ3n) is 4.43. The number of alkyl carbamates (subject to hydrolysis) is 1. The van der Waals surface area contributed by atoms with Crippen LogP contribution in [0.15, 0.2) is 24.4 Å². The van der Waals surface area contributed by atoms with Crippen LogP contribution in [0.25, 0.3) is 10.9 Å². The minimum atomic E-state index is -0.415. The van der Waals surface area contributed by atoms with Crippen molar-refractivity contribution in [1.82, 2.24) is 10.3 Å². The molecule has 0 radical (unpaired) electrons. The van der Waals surface area contributed by atoms with Gasteiger partial charge in [-0.3, -0.25) is 9.78 Å². The predicted octanol–water partition coefficient (Wildman–Crippen LogP) is 3.42. The molecular formula is C18H20ClN3O3. The molecule has 132 valence electrons. The lowest BCUT2D eigenvalue weighted by Crippen LogP contribution is -2.39. The van der Waals surface area contributed by atoms with Gasteiger partial charge in [0.1, 0.15) is 6.10 Å². The minimum Gasteiger partial charge on any atom is -0.446 e. The molecule has 0 spiro atoms. The summed E-state index contributed by atoms with van der Waals surface area (Å²) in [6.45, 7) is 2.88. The Labute approximate surface area is 151 Å². The number of benzene rings is 1. The SMILES string of the molecule is CNC(=O)OC1CCN(c2c(C(C)=O)cc(Cl)c3cccnc23)CC1. The van der Waals surface area contributed by atoms with Crippen LogP contribution in [0.3, 0.4) is 0 Å². The first-order valence-corrected chi connectivity index (χ1v) is 8.60. The summed E-state index contributed by atoms with van der Waals surface area (Å²) in [5, 5.41) is 3.82. The molecule has 3 rings (SSSR count). The largest absolute Gasteiger partial charge is 0.446 e. The summed E-state index contributed by atoms with van der Waals surface area (Å²) in [7, 11) is 1.54. The van der Waals surface area contributed by atoms with Gasteiger partial charge in [-0.05, 0) is 25.1 Å². The Morgan fingerprint density at radius 3 is 2.72 bits per heavy atom. The third-order valence-corrected chi connectivity index (χ3v) is 4.74. The average Bonchev–Trinajstić information content (AvgIpc) is 2.62. The quantitative estimate of drug-likeness (QED) is 0.848. The van der Waals surface area contributed by atoms with Crippen LogP contribution < -0.4 is 10.2 Å². The molecule has 1 aliphatic heterocycles. The molecule has 1 fully saturated rings. The summed E-state index contributed by atoms with van der Waals surface area (Å²) in [6, 6.07) is 5.45. The number of hydrogen-bond acceptors (Lipinski definition) is 5. The van der Waals surface area contributed by atoms with Crippen LogP contribution in [0.2, 0.25) is 5.02 Å². The van der Waals surface area contributed by atoms with Crippen LogP contribution >= 0.6 is 11.6 Å². The van der Waals surface area contributed by atoms with E-state index in [4.69, 9.17) is 16.3 Å². The summed E-state index contributed by atoms with van der Waals surface area (Å²) in [5.74, 6) is -0.0480. The topological polar surface area (TPSA) is 71.5 Å². The number of anilines is 1. The molecule has 2 aromatic rings. The van der Waals surface area contributed by atoms with E-state index < -0.39 is 6.09 Å². The number of halogens is 1. The molecule has 1 aliphatic rings. The highest BCUT2D eigenvalue weighted by molar-refractivity contribution is 6.36. The van der Waals surface area contributed by atoms with E-state index in [0.717, 1.165) is 16.6 Å². The number of nitrogens with zero attached hydrogens (tertiary/aromatic N) is 2. The molecule has 0 unspecified atom stereocenters. The number of hydrogen-bond donors (Lipinski definition) is 1. The Kier molecular flexibility index (Phi) is 5.08. The zero-order chi connectivity index (χ0) is 18.0. The highest BCUT2D eigenvalue weighted by atomic mass is 35.5. The predicted molar refractivity (Wildman–Crippen MR) is 97.5 cm³/mol.